The topological polar surface area (TPSA) is 79.5 Å². The predicted molar refractivity (Wildman–Crippen MR) is 148 cm³/mol. The maximum Gasteiger partial charge on any atom is 0.265 e. The first-order valence-corrected chi connectivity index (χ1v) is 13.7. The van der Waals surface area contributed by atoms with E-state index in [9.17, 15) is 8.42 Å². The van der Waals surface area contributed by atoms with E-state index < -0.39 is 10.0 Å². The second-order valence-corrected chi connectivity index (χ2v) is 10.4. The average molecular weight is 563 g/mol. The third-order valence-corrected chi connectivity index (χ3v) is 7.23. The summed E-state index contributed by atoms with van der Waals surface area (Å²) in [6.45, 7) is 6.39. The number of thiocarbonyl (C=S) groups is 1. The Morgan fingerprint density at radius 2 is 1.53 bits per heavy atom. The zero-order chi connectivity index (χ0) is 24.7. The lowest BCUT2D eigenvalue weighted by Gasteiger charge is -2.17. The Hall–Kier alpha value is -2.62. The summed E-state index contributed by atoms with van der Waals surface area (Å²) in [4.78, 5) is 0.0672. The lowest BCUT2D eigenvalue weighted by atomic mass is 10.0. The van der Waals surface area contributed by atoms with Crippen molar-refractivity contribution in [2.24, 2.45) is 0 Å². The summed E-state index contributed by atoms with van der Waals surface area (Å²) in [5.74, 6) is 0.298. The Bertz CT molecular complexity index is 1240. The predicted octanol–water partition coefficient (Wildman–Crippen LogP) is 6.58. The SMILES string of the molecule is CCOc1ccc(Br)cc1S(=O)(=O)Nc1ccc(NC(=S)Nc2c(CC)cccc2CC)cc1. The number of nitrogens with one attached hydrogen (secondary N) is 3. The molecule has 0 saturated carbocycles. The van der Waals surface area contributed by atoms with Gasteiger partial charge in [0.2, 0.25) is 0 Å². The minimum atomic E-state index is -3.84. The number of anilines is 3. The zero-order valence-electron chi connectivity index (χ0n) is 19.3. The molecule has 3 aromatic rings. The van der Waals surface area contributed by atoms with E-state index in [2.05, 4.69) is 63.3 Å². The van der Waals surface area contributed by atoms with Gasteiger partial charge in [-0.05, 0) is 85.6 Å². The van der Waals surface area contributed by atoms with Crippen LogP contribution in [0.1, 0.15) is 31.9 Å². The lowest BCUT2D eigenvalue weighted by molar-refractivity contribution is 0.331. The van der Waals surface area contributed by atoms with Gasteiger partial charge in [-0.2, -0.15) is 0 Å². The highest BCUT2D eigenvalue weighted by Crippen LogP contribution is 2.29. The fourth-order valence-corrected chi connectivity index (χ4v) is 5.44. The van der Waals surface area contributed by atoms with Crippen molar-refractivity contribution in [3.8, 4) is 5.75 Å². The van der Waals surface area contributed by atoms with Crippen LogP contribution in [0.15, 0.2) is 70.0 Å². The Labute approximate surface area is 215 Å². The van der Waals surface area contributed by atoms with Gasteiger partial charge in [-0.15, -0.1) is 0 Å². The summed E-state index contributed by atoms with van der Waals surface area (Å²) in [6, 6.07) is 18.0. The molecule has 0 aromatic heterocycles. The van der Waals surface area contributed by atoms with Crippen LogP contribution in [0.2, 0.25) is 0 Å². The molecule has 0 amide bonds. The summed E-state index contributed by atoms with van der Waals surface area (Å²) in [7, 11) is -3.84. The van der Waals surface area contributed by atoms with E-state index in [1.54, 1.807) is 43.3 Å². The number of para-hydroxylation sites is 1. The van der Waals surface area contributed by atoms with Gasteiger partial charge >= 0.3 is 0 Å². The molecule has 180 valence electrons. The number of sulfonamides is 1. The van der Waals surface area contributed by atoms with Gasteiger partial charge in [0.05, 0.1) is 6.61 Å². The molecule has 0 aliphatic rings. The maximum absolute atomic E-state index is 13.0. The van der Waals surface area contributed by atoms with Crippen LogP contribution in [0, 0.1) is 0 Å². The van der Waals surface area contributed by atoms with E-state index in [0.717, 1.165) is 24.2 Å². The van der Waals surface area contributed by atoms with Crippen LogP contribution in [0.25, 0.3) is 0 Å². The minimum absolute atomic E-state index is 0.0672. The second-order valence-electron chi connectivity index (χ2n) is 7.44. The van der Waals surface area contributed by atoms with Gasteiger partial charge < -0.3 is 15.4 Å². The van der Waals surface area contributed by atoms with E-state index in [4.69, 9.17) is 17.0 Å². The normalized spacial score (nSPS) is 11.1. The number of halogens is 1. The zero-order valence-corrected chi connectivity index (χ0v) is 22.5. The molecule has 0 aliphatic carbocycles. The van der Waals surface area contributed by atoms with Gasteiger partial charge in [-0.25, -0.2) is 8.42 Å². The van der Waals surface area contributed by atoms with E-state index in [1.807, 2.05) is 0 Å². The number of hydrogen-bond donors (Lipinski definition) is 3. The van der Waals surface area contributed by atoms with Crippen molar-refractivity contribution in [3.63, 3.8) is 0 Å². The quantitative estimate of drug-likeness (QED) is 0.256. The van der Waals surface area contributed by atoms with Crippen molar-refractivity contribution >= 4 is 60.3 Å². The lowest BCUT2D eigenvalue weighted by Crippen LogP contribution is -2.21. The number of aryl methyl sites for hydroxylation is 2. The first kappa shape index (κ1) is 26.0. The molecule has 0 radical (unpaired) electrons. The summed E-state index contributed by atoms with van der Waals surface area (Å²) in [5.41, 5.74) is 4.61. The molecule has 0 atom stereocenters. The fourth-order valence-electron chi connectivity index (χ4n) is 3.48. The Morgan fingerprint density at radius 1 is 0.912 bits per heavy atom. The summed E-state index contributed by atoms with van der Waals surface area (Å²) in [6.07, 6.45) is 1.80. The Balaban J connectivity index is 1.72. The molecule has 0 heterocycles. The molecule has 3 N–H and O–H groups in total. The largest absolute Gasteiger partial charge is 0.492 e. The van der Waals surface area contributed by atoms with E-state index >= 15 is 0 Å². The smallest absolute Gasteiger partial charge is 0.265 e. The molecule has 0 unspecified atom stereocenters. The molecular weight excluding hydrogens is 534 g/mol. The van der Waals surface area contributed by atoms with Crippen molar-refractivity contribution in [2.75, 3.05) is 22.0 Å². The van der Waals surface area contributed by atoms with Crippen molar-refractivity contribution in [3.05, 3.63) is 76.3 Å². The van der Waals surface area contributed by atoms with Crippen LogP contribution in [0.5, 0.6) is 5.75 Å². The highest BCUT2D eigenvalue weighted by atomic mass is 79.9. The highest BCUT2D eigenvalue weighted by molar-refractivity contribution is 9.10. The Kier molecular flexibility index (Phi) is 8.93. The molecule has 0 spiro atoms. The molecule has 9 heteroatoms. The van der Waals surface area contributed by atoms with Crippen LogP contribution in [0.3, 0.4) is 0 Å². The van der Waals surface area contributed by atoms with Crippen molar-refractivity contribution < 1.29 is 13.2 Å². The van der Waals surface area contributed by atoms with E-state index in [-0.39, 0.29) is 4.90 Å². The Morgan fingerprint density at radius 3 is 2.12 bits per heavy atom. The molecule has 3 rings (SSSR count). The molecule has 0 bridgehead atoms. The van der Waals surface area contributed by atoms with E-state index in [0.29, 0.717) is 27.6 Å². The van der Waals surface area contributed by atoms with Gasteiger partial charge in [0, 0.05) is 21.5 Å². The maximum atomic E-state index is 13.0. The number of ether oxygens (including phenoxy) is 1. The van der Waals surface area contributed by atoms with Crippen LogP contribution < -0.4 is 20.1 Å². The summed E-state index contributed by atoms with van der Waals surface area (Å²) >= 11 is 8.84. The van der Waals surface area contributed by atoms with Crippen molar-refractivity contribution in [2.45, 2.75) is 38.5 Å². The fraction of sp³-hybridized carbons (Fsp3) is 0.240. The second kappa shape index (κ2) is 11.7. The first-order chi connectivity index (χ1) is 16.3. The summed E-state index contributed by atoms with van der Waals surface area (Å²) in [5, 5.41) is 6.95. The monoisotopic (exact) mass is 561 g/mol. The highest BCUT2D eigenvalue weighted by Gasteiger charge is 2.20. The van der Waals surface area contributed by atoms with Crippen molar-refractivity contribution in [1.82, 2.24) is 0 Å². The van der Waals surface area contributed by atoms with Gasteiger partial charge in [0.15, 0.2) is 5.11 Å². The first-order valence-electron chi connectivity index (χ1n) is 11.0. The molecular formula is C25H28BrN3O3S2. The molecule has 6 nitrogen and oxygen atoms in total. The van der Waals surface area contributed by atoms with Gasteiger partial charge in [0.1, 0.15) is 10.6 Å². The standard InChI is InChI=1S/C25H28BrN3O3S2/c1-4-17-8-7-9-18(5-2)24(17)28-25(33)27-20-11-13-21(14-12-20)29-34(30,31)23-16-19(26)10-15-22(23)32-6-3/h7-16,29H,4-6H2,1-3H3,(H2,27,28,33). The van der Waals surface area contributed by atoms with Gasteiger partial charge in [-0.3, -0.25) is 4.72 Å². The molecule has 3 aromatic carbocycles. The third-order valence-electron chi connectivity index (χ3n) is 5.13. The van der Waals surface area contributed by atoms with Gasteiger partial charge in [0.25, 0.3) is 10.0 Å². The van der Waals surface area contributed by atoms with Crippen molar-refractivity contribution in [1.29, 1.82) is 0 Å². The summed E-state index contributed by atoms with van der Waals surface area (Å²) < 4.78 is 34.7. The van der Waals surface area contributed by atoms with E-state index in [1.165, 1.54) is 17.2 Å². The number of benzene rings is 3. The van der Waals surface area contributed by atoms with Crippen LogP contribution >= 0.6 is 28.1 Å². The number of hydrogen-bond acceptors (Lipinski definition) is 4. The number of rotatable bonds is 9. The van der Waals surface area contributed by atoms with Crippen LogP contribution in [-0.2, 0) is 22.9 Å². The van der Waals surface area contributed by atoms with Gasteiger partial charge in [-0.1, -0.05) is 48.0 Å². The molecule has 0 fully saturated rings. The molecule has 34 heavy (non-hydrogen) atoms. The minimum Gasteiger partial charge on any atom is -0.492 e. The molecule has 0 aliphatic heterocycles. The van der Waals surface area contributed by atoms with Crippen LogP contribution in [0.4, 0.5) is 17.1 Å². The third kappa shape index (κ3) is 6.49. The molecule has 0 saturated heterocycles. The van der Waals surface area contributed by atoms with Crippen LogP contribution in [-0.4, -0.2) is 20.1 Å². The average Bonchev–Trinajstić information content (AvgIpc) is 2.81.